The van der Waals surface area contributed by atoms with Crippen LogP contribution >= 0.6 is 0 Å². The SMILES string of the molecule is COc1ccccc1CCNC(=O)c1nc(NC2CCCCC2N=C(N)N)c2cc(C)ccc2n1. The van der Waals surface area contributed by atoms with Crippen molar-refractivity contribution < 1.29 is 9.53 Å². The zero-order chi connectivity index (χ0) is 24.8. The highest BCUT2D eigenvalue weighted by Crippen LogP contribution is 2.28. The summed E-state index contributed by atoms with van der Waals surface area (Å²) in [4.78, 5) is 26.6. The summed E-state index contributed by atoms with van der Waals surface area (Å²) in [5.74, 6) is 1.31. The van der Waals surface area contributed by atoms with Crippen molar-refractivity contribution in [3.63, 3.8) is 0 Å². The Morgan fingerprint density at radius 3 is 2.74 bits per heavy atom. The van der Waals surface area contributed by atoms with E-state index in [1.807, 2.05) is 49.4 Å². The highest BCUT2D eigenvalue weighted by Gasteiger charge is 2.26. The number of aromatic nitrogens is 2. The lowest BCUT2D eigenvalue weighted by atomic mass is 9.90. The van der Waals surface area contributed by atoms with Crippen molar-refractivity contribution in [2.24, 2.45) is 16.5 Å². The van der Waals surface area contributed by atoms with Crippen LogP contribution in [-0.4, -0.2) is 47.6 Å². The van der Waals surface area contributed by atoms with Gasteiger partial charge in [-0.15, -0.1) is 0 Å². The molecule has 2 aromatic carbocycles. The number of rotatable bonds is 8. The van der Waals surface area contributed by atoms with Gasteiger partial charge in [0.15, 0.2) is 5.96 Å². The molecular formula is C26H33N7O2. The Labute approximate surface area is 205 Å². The van der Waals surface area contributed by atoms with Crippen LogP contribution < -0.4 is 26.8 Å². The molecule has 35 heavy (non-hydrogen) atoms. The van der Waals surface area contributed by atoms with Crippen molar-refractivity contribution in [1.29, 1.82) is 0 Å². The van der Waals surface area contributed by atoms with Gasteiger partial charge in [-0.3, -0.25) is 4.79 Å². The van der Waals surface area contributed by atoms with Crippen LogP contribution in [0.3, 0.4) is 0 Å². The molecule has 1 fully saturated rings. The quantitative estimate of drug-likeness (QED) is 0.290. The third-order valence-electron chi connectivity index (χ3n) is 6.29. The van der Waals surface area contributed by atoms with Crippen molar-refractivity contribution in [3.8, 4) is 5.75 Å². The van der Waals surface area contributed by atoms with E-state index in [0.717, 1.165) is 47.9 Å². The van der Waals surface area contributed by atoms with Crippen LogP contribution in [-0.2, 0) is 6.42 Å². The number of carbonyl (C=O) groups excluding carboxylic acids is 1. The summed E-state index contributed by atoms with van der Waals surface area (Å²) in [5.41, 5.74) is 14.2. The van der Waals surface area contributed by atoms with Crippen LogP contribution in [0.2, 0.25) is 0 Å². The smallest absolute Gasteiger partial charge is 0.289 e. The molecule has 3 aromatic rings. The van der Waals surface area contributed by atoms with Gasteiger partial charge in [0.2, 0.25) is 5.82 Å². The maximum atomic E-state index is 13.0. The number of nitrogens with zero attached hydrogens (tertiary/aromatic N) is 3. The number of methoxy groups -OCH3 is 1. The molecule has 1 amide bonds. The van der Waals surface area contributed by atoms with Crippen LogP contribution in [0.1, 0.15) is 47.4 Å². The zero-order valence-corrected chi connectivity index (χ0v) is 20.3. The Bertz CT molecular complexity index is 1220. The van der Waals surface area contributed by atoms with Gasteiger partial charge in [-0.2, -0.15) is 0 Å². The van der Waals surface area contributed by atoms with E-state index in [2.05, 4.69) is 25.6 Å². The van der Waals surface area contributed by atoms with Gasteiger partial charge in [0.05, 0.1) is 24.7 Å². The van der Waals surface area contributed by atoms with E-state index in [1.54, 1.807) is 7.11 Å². The highest BCUT2D eigenvalue weighted by molar-refractivity contribution is 5.96. The first-order valence-corrected chi connectivity index (χ1v) is 12.0. The number of aliphatic imine (C=N–C) groups is 1. The molecule has 2 unspecified atom stereocenters. The first kappa shape index (κ1) is 24.3. The topological polar surface area (TPSA) is 141 Å². The summed E-state index contributed by atoms with van der Waals surface area (Å²) in [7, 11) is 1.64. The molecule has 9 nitrogen and oxygen atoms in total. The molecule has 1 heterocycles. The van der Waals surface area contributed by atoms with Gasteiger partial charge in [0.25, 0.3) is 5.91 Å². The molecule has 1 saturated carbocycles. The fraction of sp³-hybridized carbons (Fsp3) is 0.385. The zero-order valence-electron chi connectivity index (χ0n) is 20.3. The number of amides is 1. The Balaban J connectivity index is 1.56. The molecule has 0 aliphatic heterocycles. The minimum atomic E-state index is -0.324. The van der Waals surface area contributed by atoms with Crippen molar-refractivity contribution in [2.45, 2.75) is 51.1 Å². The molecule has 4 rings (SSSR count). The molecule has 6 N–H and O–H groups in total. The van der Waals surface area contributed by atoms with E-state index in [4.69, 9.17) is 16.2 Å². The van der Waals surface area contributed by atoms with E-state index in [1.165, 1.54) is 0 Å². The van der Waals surface area contributed by atoms with Crippen molar-refractivity contribution >= 4 is 28.6 Å². The maximum absolute atomic E-state index is 13.0. The molecule has 0 saturated heterocycles. The number of hydrogen-bond acceptors (Lipinski definition) is 6. The molecule has 0 bridgehead atoms. The number of para-hydroxylation sites is 1. The number of nitrogens with one attached hydrogen (secondary N) is 2. The monoisotopic (exact) mass is 475 g/mol. The largest absolute Gasteiger partial charge is 0.496 e. The number of anilines is 1. The second-order valence-corrected chi connectivity index (χ2v) is 8.89. The standard InChI is InChI=1S/C26H33N7O2/c1-16-11-12-19-18(15-16)23(31-20-8-4-5-9-21(20)32-26(27)28)33-24(30-19)25(34)29-14-13-17-7-3-6-10-22(17)35-2/h3,6-7,10-12,15,20-21H,4-5,8-9,13-14H2,1-2H3,(H,29,34)(H4,27,28,32)(H,30,31,33). The highest BCUT2D eigenvalue weighted by atomic mass is 16.5. The predicted molar refractivity (Wildman–Crippen MR) is 139 cm³/mol. The summed E-state index contributed by atoms with van der Waals surface area (Å²) in [6.07, 6.45) is 4.60. The number of aryl methyl sites for hydroxylation is 1. The Kier molecular flexibility index (Phi) is 7.64. The van der Waals surface area contributed by atoms with Gasteiger partial charge in [0, 0.05) is 11.9 Å². The molecular weight excluding hydrogens is 442 g/mol. The third-order valence-corrected chi connectivity index (χ3v) is 6.29. The minimum Gasteiger partial charge on any atom is -0.496 e. The minimum absolute atomic E-state index is 0.0194. The van der Waals surface area contributed by atoms with Crippen LogP contribution in [0.15, 0.2) is 47.5 Å². The Morgan fingerprint density at radius 1 is 1.14 bits per heavy atom. The second kappa shape index (κ2) is 11.0. The number of nitrogens with two attached hydrogens (primary N) is 2. The first-order chi connectivity index (χ1) is 16.9. The fourth-order valence-corrected chi connectivity index (χ4v) is 4.55. The van der Waals surface area contributed by atoms with Gasteiger partial charge >= 0.3 is 0 Å². The van der Waals surface area contributed by atoms with E-state index in [-0.39, 0.29) is 29.8 Å². The summed E-state index contributed by atoms with van der Waals surface area (Å²) in [6.45, 7) is 2.46. The first-order valence-electron chi connectivity index (χ1n) is 12.0. The lowest BCUT2D eigenvalue weighted by Gasteiger charge is -2.30. The fourth-order valence-electron chi connectivity index (χ4n) is 4.55. The van der Waals surface area contributed by atoms with Crippen molar-refractivity contribution in [1.82, 2.24) is 15.3 Å². The van der Waals surface area contributed by atoms with Gasteiger partial charge in [0.1, 0.15) is 11.6 Å². The van der Waals surface area contributed by atoms with Crippen LogP contribution in [0, 0.1) is 6.92 Å². The predicted octanol–water partition coefficient (Wildman–Crippen LogP) is 2.92. The second-order valence-electron chi connectivity index (χ2n) is 8.89. The molecule has 2 atom stereocenters. The van der Waals surface area contributed by atoms with Crippen LogP contribution in [0.5, 0.6) is 5.75 Å². The Morgan fingerprint density at radius 2 is 1.94 bits per heavy atom. The molecule has 1 aliphatic carbocycles. The summed E-state index contributed by atoms with van der Waals surface area (Å²) < 4.78 is 5.40. The number of guanidine groups is 1. The molecule has 1 aromatic heterocycles. The number of ether oxygens (including phenoxy) is 1. The van der Waals surface area contributed by atoms with Gasteiger partial charge in [-0.25, -0.2) is 15.0 Å². The number of fused-ring (bicyclic) bond motifs is 1. The Hall–Kier alpha value is -3.88. The van der Waals surface area contributed by atoms with E-state index in [0.29, 0.717) is 24.3 Å². The lowest BCUT2D eigenvalue weighted by Crippen LogP contribution is -2.38. The van der Waals surface area contributed by atoms with Crippen LogP contribution in [0.4, 0.5) is 5.82 Å². The average Bonchev–Trinajstić information content (AvgIpc) is 2.85. The summed E-state index contributed by atoms with van der Waals surface area (Å²) in [5, 5.41) is 7.34. The van der Waals surface area contributed by atoms with Gasteiger partial charge < -0.3 is 26.8 Å². The van der Waals surface area contributed by atoms with Crippen molar-refractivity contribution in [3.05, 3.63) is 59.4 Å². The molecule has 184 valence electrons. The lowest BCUT2D eigenvalue weighted by molar-refractivity contribution is 0.0944. The number of carbonyl (C=O) groups is 1. The normalized spacial score (nSPS) is 17.5. The molecule has 9 heteroatoms. The van der Waals surface area contributed by atoms with Gasteiger partial charge in [-0.05, 0) is 49.9 Å². The van der Waals surface area contributed by atoms with Crippen molar-refractivity contribution in [2.75, 3.05) is 19.0 Å². The van der Waals surface area contributed by atoms with E-state index in [9.17, 15) is 4.79 Å². The van der Waals surface area contributed by atoms with Crippen LogP contribution in [0.25, 0.3) is 10.9 Å². The van der Waals surface area contributed by atoms with E-state index >= 15 is 0 Å². The third kappa shape index (κ3) is 5.98. The van der Waals surface area contributed by atoms with E-state index < -0.39 is 0 Å². The van der Waals surface area contributed by atoms with Gasteiger partial charge in [-0.1, -0.05) is 42.7 Å². The summed E-state index contributed by atoms with van der Waals surface area (Å²) in [6, 6.07) is 13.7. The number of hydrogen-bond donors (Lipinski definition) is 4. The number of benzene rings is 2. The molecule has 1 aliphatic rings. The molecule has 0 spiro atoms. The average molecular weight is 476 g/mol. The summed E-state index contributed by atoms with van der Waals surface area (Å²) >= 11 is 0. The molecule has 0 radical (unpaired) electrons. The maximum Gasteiger partial charge on any atom is 0.289 e.